The SMILES string of the molecule is CN(CC(F)(F)F)S(=O)(=O)c1ccc(F)c(CO)c1. The normalized spacial score (nSPS) is 13.0. The molecule has 0 atom stereocenters. The third-order valence-electron chi connectivity index (χ3n) is 2.30. The number of halogens is 4. The van der Waals surface area contributed by atoms with E-state index >= 15 is 0 Å². The standard InChI is InChI=1S/C10H11F4NO3S/c1-15(6-10(12,13)14)19(17,18)8-2-3-9(11)7(4-8)5-16/h2-4,16H,5-6H2,1H3. The highest BCUT2D eigenvalue weighted by Crippen LogP contribution is 2.22. The van der Waals surface area contributed by atoms with Crippen molar-refractivity contribution in [1.29, 1.82) is 0 Å². The van der Waals surface area contributed by atoms with Gasteiger partial charge in [-0.3, -0.25) is 0 Å². The fourth-order valence-corrected chi connectivity index (χ4v) is 2.56. The van der Waals surface area contributed by atoms with Crippen molar-refractivity contribution in [2.75, 3.05) is 13.6 Å². The van der Waals surface area contributed by atoms with Gasteiger partial charge in [-0.1, -0.05) is 0 Å². The van der Waals surface area contributed by atoms with E-state index in [2.05, 4.69) is 0 Å². The lowest BCUT2D eigenvalue weighted by Crippen LogP contribution is -2.35. The summed E-state index contributed by atoms with van der Waals surface area (Å²) in [7, 11) is -3.62. The zero-order chi connectivity index (χ0) is 14.8. The number of sulfonamides is 1. The number of aliphatic hydroxyl groups excluding tert-OH is 1. The van der Waals surface area contributed by atoms with Gasteiger partial charge in [0.15, 0.2) is 0 Å². The summed E-state index contributed by atoms with van der Waals surface area (Å²) < 4.78 is 73.3. The van der Waals surface area contributed by atoms with Crippen LogP contribution in [-0.2, 0) is 16.6 Å². The minimum absolute atomic E-state index is 0.112. The van der Waals surface area contributed by atoms with Crippen molar-refractivity contribution < 1.29 is 31.1 Å². The van der Waals surface area contributed by atoms with E-state index in [1.54, 1.807) is 0 Å². The Morgan fingerprint density at radius 2 is 1.89 bits per heavy atom. The topological polar surface area (TPSA) is 57.6 Å². The van der Waals surface area contributed by atoms with E-state index in [0.29, 0.717) is 0 Å². The largest absolute Gasteiger partial charge is 0.402 e. The van der Waals surface area contributed by atoms with Gasteiger partial charge in [-0.25, -0.2) is 12.8 Å². The van der Waals surface area contributed by atoms with Crippen molar-refractivity contribution in [1.82, 2.24) is 4.31 Å². The Bertz CT molecular complexity index is 556. The highest BCUT2D eigenvalue weighted by molar-refractivity contribution is 7.89. The van der Waals surface area contributed by atoms with Crippen LogP contribution in [0.25, 0.3) is 0 Å². The summed E-state index contributed by atoms with van der Waals surface area (Å²) >= 11 is 0. The Hall–Kier alpha value is -1.19. The van der Waals surface area contributed by atoms with Crippen LogP contribution in [0.1, 0.15) is 5.56 Å². The quantitative estimate of drug-likeness (QED) is 0.858. The molecule has 0 bridgehead atoms. The van der Waals surface area contributed by atoms with Gasteiger partial charge in [0.2, 0.25) is 10.0 Å². The summed E-state index contributed by atoms with van der Waals surface area (Å²) in [5.74, 6) is -0.833. The first-order valence-electron chi connectivity index (χ1n) is 5.00. The summed E-state index contributed by atoms with van der Waals surface area (Å²) in [6, 6.07) is 2.42. The van der Waals surface area contributed by atoms with Gasteiger partial charge in [-0.15, -0.1) is 0 Å². The van der Waals surface area contributed by atoms with E-state index < -0.39 is 40.1 Å². The van der Waals surface area contributed by atoms with Crippen LogP contribution in [0.2, 0.25) is 0 Å². The lowest BCUT2D eigenvalue weighted by atomic mass is 10.2. The molecule has 1 aromatic rings. The maximum atomic E-state index is 13.1. The molecule has 0 fully saturated rings. The molecule has 0 aliphatic carbocycles. The first-order valence-corrected chi connectivity index (χ1v) is 6.44. The predicted molar refractivity (Wildman–Crippen MR) is 58.2 cm³/mol. The number of aliphatic hydroxyl groups is 1. The van der Waals surface area contributed by atoms with Crippen LogP contribution in [0.4, 0.5) is 17.6 Å². The average Bonchev–Trinajstić information content (AvgIpc) is 2.27. The summed E-state index contributed by atoms with van der Waals surface area (Å²) in [4.78, 5) is -0.510. The van der Waals surface area contributed by atoms with Crippen molar-refractivity contribution >= 4 is 10.0 Å². The van der Waals surface area contributed by atoms with Crippen LogP contribution < -0.4 is 0 Å². The van der Waals surface area contributed by atoms with Crippen molar-refractivity contribution in [3.8, 4) is 0 Å². The van der Waals surface area contributed by atoms with E-state index in [1.165, 1.54) is 0 Å². The number of alkyl halides is 3. The van der Waals surface area contributed by atoms with Crippen LogP contribution >= 0.6 is 0 Å². The molecular formula is C10H11F4NO3S. The van der Waals surface area contributed by atoms with Crippen LogP contribution in [0, 0.1) is 5.82 Å². The van der Waals surface area contributed by atoms with Crippen molar-refractivity contribution in [3.63, 3.8) is 0 Å². The molecule has 19 heavy (non-hydrogen) atoms. The van der Waals surface area contributed by atoms with Gasteiger partial charge >= 0.3 is 6.18 Å². The maximum absolute atomic E-state index is 13.1. The van der Waals surface area contributed by atoms with Crippen LogP contribution in [0.3, 0.4) is 0 Å². The molecule has 9 heteroatoms. The second-order valence-electron chi connectivity index (χ2n) is 3.79. The van der Waals surface area contributed by atoms with Gasteiger partial charge in [0.05, 0.1) is 11.5 Å². The maximum Gasteiger partial charge on any atom is 0.402 e. The van der Waals surface area contributed by atoms with Crippen molar-refractivity contribution in [3.05, 3.63) is 29.6 Å². The molecule has 0 saturated heterocycles. The summed E-state index contributed by atoms with van der Waals surface area (Å²) in [5.41, 5.74) is -0.304. The molecule has 108 valence electrons. The van der Waals surface area contributed by atoms with Gasteiger partial charge in [0.1, 0.15) is 12.4 Å². The first kappa shape index (κ1) is 15.9. The molecule has 0 unspecified atom stereocenters. The van der Waals surface area contributed by atoms with Gasteiger partial charge in [0.25, 0.3) is 0 Å². The number of rotatable bonds is 4. The van der Waals surface area contributed by atoms with Gasteiger partial charge in [-0.2, -0.15) is 17.5 Å². The lowest BCUT2D eigenvalue weighted by Gasteiger charge is -2.19. The average molecular weight is 301 g/mol. The highest BCUT2D eigenvalue weighted by Gasteiger charge is 2.34. The fraction of sp³-hybridized carbons (Fsp3) is 0.400. The summed E-state index contributed by atoms with van der Waals surface area (Å²) in [6.07, 6.45) is -4.68. The van der Waals surface area contributed by atoms with Crippen LogP contribution in [0.15, 0.2) is 23.1 Å². The molecule has 0 heterocycles. The van der Waals surface area contributed by atoms with E-state index in [-0.39, 0.29) is 9.87 Å². The van der Waals surface area contributed by atoms with E-state index in [1.807, 2.05) is 0 Å². The smallest absolute Gasteiger partial charge is 0.392 e. The Morgan fingerprint density at radius 1 is 1.32 bits per heavy atom. The van der Waals surface area contributed by atoms with Gasteiger partial charge in [-0.05, 0) is 18.2 Å². The highest BCUT2D eigenvalue weighted by atomic mass is 32.2. The monoisotopic (exact) mass is 301 g/mol. The third-order valence-corrected chi connectivity index (χ3v) is 4.10. The molecule has 4 nitrogen and oxygen atoms in total. The summed E-state index contributed by atoms with van der Waals surface area (Å²) in [5, 5.41) is 8.81. The molecule has 0 aliphatic heterocycles. The van der Waals surface area contributed by atoms with E-state index in [0.717, 1.165) is 25.2 Å². The predicted octanol–water partition coefficient (Wildman–Crippen LogP) is 1.50. The molecule has 0 aliphatic rings. The van der Waals surface area contributed by atoms with Crippen molar-refractivity contribution in [2.24, 2.45) is 0 Å². The number of hydrogen-bond acceptors (Lipinski definition) is 3. The zero-order valence-corrected chi connectivity index (χ0v) is 10.6. The molecule has 0 saturated carbocycles. The van der Waals surface area contributed by atoms with Gasteiger partial charge in [0, 0.05) is 12.6 Å². The lowest BCUT2D eigenvalue weighted by molar-refractivity contribution is -0.134. The first-order chi connectivity index (χ1) is 8.58. The molecule has 1 rings (SSSR count). The molecule has 0 spiro atoms. The number of benzene rings is 1. The van der Waals surface area contributed by atoms with Crippen LogP contribution in [0.5, 0.6) is 0 Å². The number of hydrogen-bond donors (Lipinski definition) is 1. The molecule has 0 radical (unpaired) electrons. The van der Waals surface area contributed by atoms with Crippen LogP contribution in [-0.4, -0.2) is 37.6 Å². The molecule has 0 aromatic heterocycles. The molecule has 1 aromatic carbocycles. The Balaban J connectivity index is 3.13. The van der Waals surface area contributed by atoms with E-state index in [4.69, 9.17) is 5.11 Å². The minimum atomic E-state index is -4.68. The molecule has 0 amide bonds. The minimum Gasteiger partial charge on any atom is -0.392 e. The third kappa shape index (κ3) is 3.88. The van der Waals surface area contributed by atoms with Crippen molar-refractivity contribution in [2.45, 2.75) is 17.7 Å². The Labute approximate surface area is 107 Å². The number of nitrogens with zero attached hydrogens (tertiary/aromatic N) is 1. The second-order valence-corrected chi connectivity index (χ2v) is 5.83. The Kier molecular flexibility index (Phi) is 4.54. The zero-order valence-electron chi connectivity index (χ0n) is 9.78. The fourth-order valence-electron chi connectivity index (χ4n) is 1.35. The molecule has 1 N–H and O–H groups in total. The van der Waals surface area contributed by atoms with Gasteiger partial charge < -0.3 is 5.11 Å². The Morgan fingerprint density at radius 3 is 2.37 bits per heavy atom. The van der Waals surface area contributed by atoms with E-state index in [9.17, 15) is 26.0 Å². The second kappa shape index (κ2) is 5.43. The molecular weight excluding hydrogens is 290 g/mol. The summed E-state index contributed by atoms with van der Waals surface area (Å²) in [6.45, 7) is -2.40.